The van der Waals surface area contributed by atoms with Crippen LogP contribution in [0.25, 0.3) is 0 Å². The van der Waals surface area contributed by atoms with Crippen LogP contribution in [0.1, 0.15) is 27.9 Å². The standard InChI is InChI=1S/C24H24N2O4S/c27-24(21-10-12-22(13-11-21)26-14-5-15-31(26,28)29)25-17-20-8-4-9-23(16-20)30-18-19-6-2-1-3-7-19/h1-4,6-13,16H,5,14-15,17-18H2,(H,25,27). The number of carbonyl (C=O) groups excluding carboxylic acids is 1. The lowest BCUT2D eigenvalue weighted by atomic mass is 10.1. The third-order valence-electron chi connectivity index (χ3n) is 5.12. The van der Waals surface area contributed by atoms with Gasteiger partial charge in [-0.1, -0.05) is 42.5 Å². The molecule has 1 aliphatic heterocycles. The van der Waals surface area contributed by atoms with E-state index in [1.54, 1.807) is 24.3 Å². The molecule has 0 aromatic heterocycles. The first-order chi connectivity index (χ1) is 15.0. The van der Waals surface area contributed by atoms with Crippen LogP contribution in [0.2, 0.25) is 0 Å². The van der Waals surface area contributed by atoms with Crippen LogP contribution >= 0.6 is 0 Å². The molecule has 1 saturated heterocycles. The minimum atomic E-state index is -3.23. The first-order valence-corrected chi connectivity index (χ1v) is 11.8. The summed E-state index contributed by atoms with van der Waals surface area (Å²) in [6.45, 7) is 1.33. The highest BCUT2D eigenvalue weighted by molar-refractivity contribution is 7.93. The molecule has 3 aromatic rings. The number of ether oxygens (including phenoxy) is 1. The lowest BCUT2D eigenvalue weighted by Crippen LogP contribution is -2.25. The fourth-order valence-corrected chi connectivity index (χ4v) is 5.04. The van der Waals surface area contributed by atoms with Gasteiger partial charge in [-0.2, -0.15) is 0 Å². The van der Waals surface area contributed by atoms with Crippen molar-refractivity contribution >= 4 is 21.6 Å². The number of amides is 1. The Morgan fingerprint density at radius 1 is 0.935 bits per heavy atom. The number of nitrogens with zero attached hydrogens (tertiary/aromatic N) is 1. The topological polar surface area (TPSA) is 75.7 Å². The second-order valence-electron chi connectivity index (χ2n) is 7.39. The molecular formula is C24H24N2O4S. The second-order valence-corrected chi connectivity index (χ2v) is 9.41. The van der Waals surface area contributed by atoms with Crippen LogP contribution in [0.5, 0.6) is 5.75 Å². The van der Waals surface area contributed by atoms with Gasteiger partial charge in [0.15, 0.2) is 0 Å². The Morgan fingerprint density at radius 2 is 1.68 bits per heavy atom. The molecule has 6 nitrogen and oxygen atoms in total. The summed E-state index contributed by atoms with van der Waals surface area (Å²) in [5.74, 6) is 0.696. The van der Waals surface area contributed by atoms with Crippen molar-refractivity contribution in [2.75, 3.05) is 16.6 Å². The Bertz CT molecular complexity index is 1150. The Kier molecular flexibility index (Phi) is 6.23. The average molecular weight is 437 g/mol. The van der Waals surface area contributed by atoms with Crippen molar-refractivity contribution in [1.29, 1.82) is 0 Å². The van der Waals surface area contributed by atoms with Crippen LogP contribution in [0.15, 0.2) is 78.9 Å². The molecule has 7 heteroatoms. The van der Waals surface area contributed by atoms with E-state index in [1.807, 2.05) is 54.6 Å². The third kappa shape index (κ3) is 5.24. The molecule has 0 spiro atoms. The summed E-state index contributed by atoms with van der Waals surface area (Å²) in [4.78, 5) is 12.5. The summed E-state index contributed by atoms with van der Waals surface area (Å²) in [6.07, 6.45) is 0.624. The van der Waals surface area contributed by atoms with Gasteiger partial charge in [-0.05, 0) is 53.9 Å². The molecule has 1 fully saturated rings. The number of sulfonamides is 1. The van der Waals surface area contributed by atoms with E-state index >= 15 is 0 Å². The Hall–Kier alpha value is -3.32. The minimum absolute atomic E-state index is 0.170. The number of hydrogen-bond donors (Lipinski definition) is 1. The maximum atomic E-state index is 12.5. The van der Waals surface area contributed by atoms with E-state index in [4.69, 9.17) is 4.74 Å². The Morgan fingerprint density at radius 3 is 2.39 bits per heavy atom. The molecule has 3 aromatic carbocycles. The van der Waals surface area contributed by atoms with Crippen molar-refractivity contribution in [2.45, 2.75) is 19.6 Å². The van der Waals surface area contributed by atoms with Crippen LogP contribution in [0.4, 0.5) is 5.69 Å². The lowest BCUT2D eigenvalue weighted by molar-refractivity contribution is 0.0951. The van der Waals surface area contributed by atoms with Crippen molar-refractivity contribution < 1.29 is 17.9 Å². The van der Waals surface area contributed by atoms with Crippen molar-refractivity contribution in [1.82, 2.24) is 5.32 Å². The highest BCUT2D eigenvalue weighted by Gasteiger charge is 2.28. The van der Waals surface area contributed by atoms with Crippen LogP contribution < -0.4 is 14.4 Å². The highest BCUT2D eigenvalue weighted by atomic mass is 32.2. The van der Waals surface area contributed by atoms with Crippen LogP contribution in [0.3, 0.4) is 0 Å². The zero-order valence-electron chi connectivity index (χ0n) is 17.0. The third-order valence-corrected chi connectivity index (χ3v) is 6.99. The van der Waals surface area contributed by atoms with Crippen molar-refractivity contribution in [2.24, 2.45) is 0 Å². The maximum Gasteiger partial charge on any atom is 0.251 e. The van der Waals surface area contributed by atoms with E-state index in [1.165, 1.54) is 4.31 Å². The largest absolute Gasteiger partial charge is 0.489 e. The van der Waals surface area contributed by atoms with Crippen molar-refractivity contribution in [3.63, 3.8) is 0 Å². The first kappa shape index (κ1) is 20.9. The monoisotopic (exact) mass is 436 g/mol. The van der Waals surface area contributed by atoms with E-state index in [9.17, 15) is 13.2 Å². The van der Waals surface area contributed by atoms with Gasteiger partial charge < -0.3 is 10.1 Å². The van der Waals surface area contributed by atoms with Gasteiger partial charge in [0.05, 0.1) is 11.4 Å². The molecule has 0 bridgehead atoms. The molecule has 1 aliphatic rings. The van der Waals surface area contributed by atoms with Crippen molar-refractivity contribution in [3.05, 3.63) is 95.6 Å². The summed E-state index contributed by atoms with van der Waals surface area (Å²) >= 11 is 0. The number of carbonyl (C=O) groups is 1. The lowest BCUT2D eigenvalue weighted by Gasteiger charge is -2.17. The average Bonchev–Trinajstić information content (AvgIpc) is 3.16. The molecule has 1 N–H and O–H groups in total. The first-order valence-electron chi connectivity index (χ1n) is 10.2. The second kappa shape index (κ2) is 9.22. The number of nitrogens with one attached hydrogen (secondary N) is 1. The van der Waals surface area contributed by atoms with Gasteiger partial charge in [0.25, 0.3) is 5.91 Å². The summed E-state index contributed by atoms with van der Waals surface area (Å²) in [5.41, 5.74) is 3.10. The fraction of sp³-hybridized carbons (Fsp3) is 0.208. The molecule has 0 atom stereocenters. The van der Waals surface area contributed by atoms with Gasteiger partial charge in [0, 0.05) is 18.7 Å². The molecule has 0 radical (unpaired) electrons. The van der Waals surface area contributed by atoms with Gasteiger partial charge in [-0.25, -0.2) is 8.42 Å². The SMILES string of the molecule is O=C(NCc1cccc(OCc2ccccc2)c1)c1ccc(N2CCCS2(=O)=O)cc1. The fourth-order valence-electron chi connectivity index (χ4n) is 3.48. The van der Waals surface area contributed by atoms with Crippen LogP contribution in [-0.2, 0) is 23.2 Å². The van der Waals surface area contributed by atoms with E-state index in [-0.39, 0.29) is 11.7 Å². The number of hydrogen-bond acceptors (Lipinski definition) is 4. The van der Waals surface area contributed by atoms with E-state index in [2.05, 4.69) is 5.32 Å². The molecular weight excluding hydrogens is 412 g/mol. The molecule has 0 saturated carbocycles. The van der Waals surface area contributed by atoms with Gasteiger partial charge in [-0.3, -0.25) is 9.10 Å². The molecule has 160 valence electrons. The molecule has 0 aliphatic carbocycles. The number of anilines is 1. The van der Waals surface area contributed by atoms with E-state index in [0.29, 0.717) is 37.4 Å². The quantitative estimate of drug-likeness (QED) is 0.612. The van der Waals surface area contributed by atoms with Gasteiger partial charge in [-0.15, -0.1) is 0 Å². The Balaban J connectivity index is 1.33. The summed E-state index contributed by atoms with van der Waals surface area (Å²) < 4.78 is 31.3. The summed E-state index contributed by atoms with van der Waals surface area (Å²) in [6, 6.07) is 24.2. The molecule has 31 heavy (non-hydrogen) atoms. The zero-order valence-corrected chi connectivity index (χ0v) is 17.8. The van der Waals surface area contributed by atoms with Gasteiger partial charge in [0.2, 0.25) is 10.0 Å². The van der Waals surface area contributed by atoms with Crippen LogP contribution in [-0.4, -0.2) is 26.6 Å². The normalized spacial score (nSPS) is 14.9. The predicted molar refractivity (Wildman–Crippen MR) is 121 cm³/mol. The summed E-state index contributed by atoms with van der Waals surface area (Å²) in [5, 5.41) is 2.90. The van der Waals surface area contributed by atoms with Gasteiger partial charge >= 0.3 is 0 Å². The molecule has 1 heterocycles. The zero-order chi connectivity index (χ0) is 21.7. The van der Waals surface area contributed by atoms with Crippen molar-refractivity contribution in [3.8, 4) is 5.75 Å². The smallest absolute Gasteiger partial charge is 0.251 e. The number of benzene rings is 3. The predicted octanol–water partition coefficient (Wildman–Crippen LogP) is 3.74. The molecule has 4 rings (SSSR count). The minimum Gasteiger partial charge on any atom is -0.489 e. The Labute approximate surface area is 182 Å². The highest BCUT2D eigenvalue weighted by Crippen LogP contribution is 2.24. The van der Waals surface area contributed by atoms with Gasteiger partial charge in [0.1, 0.15) is 12.4 Å². The van der Waals surface area contributed by atoms with Crippen LogP contribution in [0, 0.1) is 0 Å². The van der Waals surface area contributed by atoms with E-state index in [0.717, 1.165) is 16.9 Å². The summed E-state index contributed by atoms with van der Waals surface area (Å²) in [7, 11) is -3.23. The maximum absolute atomic E-state index is 12.5. The van der Waals surface area contributed by atoms with E-state index < -0.39 is 10.0 Å². The molecule has 0 unspecified atom stereocenters. The number of rotatable bonds is 7. The molecule has 1 amide bonds.